The first kappa shape index (κ1) is 17.8. The van der Waals surface area contributed by atoms with Gasteiger partial charge in [-0.25, -0.2) is 4.79 Å². The van der Waals surface area contributed by atoms with Crippen molar-refractivity contribution in [1.29, 1.82) is 0 Å². The summed E-state index contributed by atoms with van der Waals surface area (Å²) in [5, 5.41) is 0. The fourth-order valence-electron chi connectivity index (χ4n) is 5.17. The molecule has 4 heteroatoms. The summed E-state index contributed by atoms with van der Waals surface area (Å²) in [6.07, 6.45) is 3.91. The summed E-state index contributed by atoms with van der Waals surface area (Å²) in [7, 11) is 0. The molecule has 0 aromatic rings. The molecule has 3 aliphatic carbocycles. The highest BCUT2D eigenvalue weighted by molar-refractivity contribution is 5.88. The summed E-state index contributed by atoms with van der Waals surface area (Å²) >= 11 is 0. The Morgan fingerprint density at radius 3 is 2.38 bits per heavy atom. The van der Waals surface area contributed by atoms with Gasteiger partial charge in [0.1, 0.15) is 12.1 Å². The molecule has 2 bridgehead atoms. The first-order chi connectivity index (χ1) is 11.0. The fraction of sp³-hybridized carbons (Fsp3) is 0.900. The number of amides is 1. The van der Waals surface area contributed by atoms with Gasteiger partial charge in [0.2, 0.25) is 5.91 Å². The zero-order valence-electron chi connectivity index (χ0n) is 16.1. The number of hydrogen-bond donors (Lipinski definition) is 0. The van der Waals surface area contributed by atoms with E-state index in [0.29, 0.717) is 29.7 Å². The SMILES string of the molecule is C[C@@H]1[C@@H](OC(=O)[C@H]2CCCN2C(=O)C(C)(C)C)C[C@H]2C[C@H]1C2(C)C. The molecule has 0 unspecified atom stereocenters. The van der Waals surface area contributed by atoms with Crippen LogP contribution in [0.15, 0.2) is 0 Å². The Balaban J connectivity index is 1.64. The smallest absolute Gasteiger partial charge is 0.329 e. The van der Waals surface area contributed by atoms with Crippen LogP contribution in [0, 0.1) is 28.6 Å². The highest BCUT2D eigenvalue weighted by Gasteiger charge is 2.57. The predicted molar refractivity (Wildman–Crippen MR) is 93.2 cm³/mol. The normalized spacial score (nSPS) is 37.8. The predicted octanol–water partition coefficient (Wildman–Crippen LogP) is 3.64. The molecule has 4 fully saturated rings. The molecule has 0 spiro atoms. The molecular formula is C20H33NO3. The Hall–Kier alpha value is -1.06. The van der Waals surface area contributed by atoms with E-state index in [0.717, 1.165) is 19.3 Å². The zero-order chi connectivity index (χ0) is 17.9. The highest BCUT2D eigenvalue weighted by atomic mass is 16.5. The maximum absolute atomic E-state index is 12.8. The minimum absolute atomic E-state index is 0.0291. The van der Waals surface area contributed by atoms with E-state index in [4.69, 9.17) is 4.74 Å². The van der Waals surface area contributed by atoms with Crippen LogP contribution in [-0.4, -0.2) is 35.5 Å². The van der Waals surface area contributed by atoms with E-state index in [2.05, 4.69) is 20.8 Å². The zero-order valence-corrected chi connectivity index (χ0v) is 16.1. The third-order valence-electron chi connectivity index (χ3n) is 6.98. The van der Waals surface area contributed by atoms with Crippen LogP contribution in [0.25, 0.3) is 0 Å². The molecule has 1 amide bonds. The van der Waals surface area contributed by atoms with Crippen LogP contribution >= 0.6 is 0 Å². The van der Waals surface area contributed by atoms with Gasteiger partial charge in [0.15, 0.2) is 0 Å². The number of rotatable bonds is 2. The number of nitrogens with zero attached hydrogens (tertiary/aromatic N) is 1. The van der Waals surface area contributed by atoms with Crippen molar-refractivity contribution in [3.8, 4) is 0 Å². The lowest BCUT2D eigenvalue weighted by atomic mass is 9.45. The first-order valence-electron chi connectivity index (χ1n) is 9.55. The van der Waals surface area contributed by atoms with Crippen molar-refractivity contribution < 1.29 is 14.3 Å². The molecule has 4 rings (SSSR count). The number of likely N-dealkylation sites (tertiary alicyclic amines) is 1. The Morgan fingerprint density at radius 1 is 1.17 bits per heavy atom. The van der Waals surface area contributed by atoms with Gasteiger partial charge in [0.25, 0.3) is 0 Å². The monoisotopic (exact) mass is 335 g/mol. The van der Waals surface area contributed by atoms with Crippen LogP contribution in [0.3, 0.4) is 0 Å². The van der Waals surface area contributed by atoms with Crippen molar-refractivity contribution in [2.45, 2.75) is 79.4 Å². The van der Waals surface area contributed by atoms with Gasteiger partial charge < -0.3 is 9.64 Å². The summed E-state index contributed by atoms with van der Waals surface area (Å²) in [6.45, 7) is 13.3. The average molecular weight is 335 g/mol. The van der Waals surface area contributed by atoms with Crippen LogP contribution in [0.2, 0.25) is 0 Å². The molecule has 0 aromatic carbocycles. The van der Waals surface area contributed by atoms with Crippen molar-refractivity contribution in [2.75, 3.05) is 6.54 Å². The number of esters is 1. The van der Waals surface area contributed by atoms with Gasteiger partial charge in [0, 0.05) is 12.0 Å². The molecule has 3 saturated carbocycles. The van der Waals surface area contributed by atoms with Crippen LogP contribution in [0.4, 0.5) is 0 Å². The van der Waals surface area contributed by atoms with Gasteiger partial charge in [-0.3, -0.25) is 4.79 Å². The molecule has 0 N–H and O–H groups in total. The maximum Gasteiger partial charge on any atom is 0.329 e. The van der Waals surface area contributed by atoms with E-state index in [-0.39, 0.29) is 24.0 Å². The van der Waals surface area contributed by atoms with E-state index in [1.165, 1.54) is 6.42 Å². The largest absolute Gasteiger partial charge is 0.461 e. The minimum Gasteiger partial charge on any atom is -0.461 e. The first-order valence-corrected chi connectivity index (χ1v) is 9.55. The second-order valence-electron chi connectivity index (χ2n) is 9.84. The minimum atomic E-state index is -0.452. The van der Waals surface area contributed by atoms with Crippen molar-refractivity contribution >= 4 is 11.9 Å². The number of carbonyl (C=O) groups is 2. The Morgan fingerprint density at radius 2 is 1.83 bits per heavy atom. The average Bonchev–Trinajstić information content (AvgIpc) is 2.96. The van der Waals surface area contributed by atoms with E-state index >= 15 is 0 Å². The van der Waals surface area contributed by atoms with E-state index in [9.17, 15) is 9.59 Å². The van der Waals surface area contributed by atoms with Gasteiger partial charge in [-0.2, -0.15) is 0 Å². The molecule has 5 atom stereocenters. The molecule has 1 heterocycles. The number of fused-ring (bicyclic) bond motifs is 2. The second kappa shape index (κ2) is 5.74. The third-order valence-corrected chi connectivity index (χ3v) is 6.98. The summed E-state index contributed by atoms with van der Waals surface area (Å²) in [5.41, 5.74) is -0.0590. The number of ether oxygens (including phenoxy) is 1. The second-order valence-corrected chi connectivity index (χ2v) is 9.84. The lowest BCUT2D eigenvalue weighted by Gasteiger charge is -2.61. The van der Waals surface area contributed by atoms with Crippen molar-refractivity contribution in [3.05, 3.63) is 0 Å². The van der Waals surface area contributed by atoms with Gasteiger partial charge >= 0.3 is 5.97 Å². The van der Waals surface area contributed by atoms with Crippen LogP contribution < -0.4 is 0 Å². The quantitative estimate of drug-likeness (QED) is 0.724. The maximum atomic E-state index is 12.8. The lowest BCUT2D eigenvalue weighted by molar-refractivity contribution is -0.190. The Kier molecular flexibility index (Phi) is 4.25. The number of carbonyl (C=O) groups excluding carboxylic acids is 2. The molecule has 0 aromatic heterocycles. The van der Waals surface area contributed by atoms with Gasteiger partial charge in [-0.05, 0) is 48.9 Å². The number of hydrogen-bond acceptors (Lipinski definition) is 3. The van der Waals surface area contributed by atoms with Crippen LogP contribution in [0.1, 0.15) is 67.2 Å². The van der Waals surface area contributed by atoms with Gasteiger partial charge in [-0.15, -0.1) is 0 Å². The summed E-state index contributed by atoms with van der Waals surface area (Å²) < 4.78 is 5.94. The highest BCUT2D eigenvalue weighted by Crippen LogP contribution is 2.61. The molecule has 0 radical (unpaired) electrons. The topological polar surface area (TPSA) is 46.6 Å². The van der Waals surface area contributed by atoms with Crippen LogP contribution in [0.5, 0.6) is 0 Å². The van der Waals surface area contributed by atoms with E-state index in [1.54, 1.807) is 4.90 Å². The van der Waals surface area contributed by atoms with Gasteiger partial charge in [0.05, 0.1) is 0 Å². The molecule has 4 aliphatic rings. The third kappa shape index (κ3) is 2.76. The molecule has 24 heavy (non-hydrogen) atoms. The molecule has 1 saturated heterocycles. The summed E-state index contributed by atoms with van der Waals surface area (Å²) in [5.74, 6) is 1.63. The summed E-state index contributed by atoms with van der Waals surface area (Å²) in [6, 6.07) is -0.379. The standard InChI is InChI=1S/C20H33NO3/c1-12-14-10-13(20(14,5)6)11-16(12)24-17(22)15-8-7-9-21(15)18(23)19(2,3)4/h12-16H,7-11H2,1-6H3/t12-,13+,14+,15+,16-/m0/s1. The Bertz CT molecular complexity index is 533. The van der Waals surface area contributed by atoms with Crippen molar-refractivity contribution in [3.63, 3.8) is 0 Å². The van der Waals surface area contributed by atoms with Crippen molar-refractivity contribution in [2.24, 2.45) is 28.6 Å². The Labute approximate surface area is 146 Å². The van der Waals surface area contributed by atoms with Crippen LogP contribution in [-0.2, 0) is 14.3 Å². The molecule has 136 valence electrons. The fourth-order valence-corrected chi connectivity index (χ4v) is 5.17. The molecular weight excluding hydrogens is 302 g/mol. The van der Waals surface area contributed by atoms with Gasteiger partial charge in [-0.1, -0.05) is 41.5 Å². The van der Waals surface area contributed by atoms with Crippen molar-refractivity contribution in [1.82, 2.24) is 4.90 Å². The molecule has 4 nitrogen and oxygen atoms in total. The van der Waals surface area contributed by atoms with E-state index < -0.39 is 5.41 Å². The van der Waals surface area contributed by atoms with E-state index in [1.807, 2.05) is 20.8 Å². The lowest BCUT2D eigenvalue weighted by Crippen LogP contribution is -2.58. The molecule has 1 aliphatic heterocycles. The summed E-state index contributed by atoms with van der Waals surface area (Å²) in [4.78, 5) is 27.1.